The first-order chi connectivity index (χ1) is 11.8. The molecule has 2 N–H and O–H groups in total. The number of carbonyl (C=O) groups is 1. The van der Waals surface area contributed by atoms with Crippen LogP contribution in [0, 0.1) is 0 Å². The van der Waals surface area contributed by atoms with Gasteiger partial charge in [-0.15, -0.1) is 0 Å². The lowest BCUT2D eigenvalue weighted by Gasteiger charge is -2.42. The van der Waals surface area contributed by atoms with Crippen LogP contribution in [0.15, 0.2) is 24.3 Å². The molecule has 2 fully saturated rings. The van der Waals surface area contributed by atoms with Crippen molar-refractivity contribution in [2.75, 3.05) is 31.6 Å². The fourth-order valence-electron chi connectivity index (χ4n) is 3.48. The summed E-state index contributed by atoms with van der Waals surface area (Å²) in [5.74, 6) is -0.324. The highest BCUT2D eigenvalue weighted by Crippen LogP contribution is 2.36. The van der Waals surface area contributed by atoms with Gasteiger partial charge >= 0.3 is 6.18 Å². The van der Waals surface area contributed by atoms with E-state index >= 15 is 0 Å². The number of β-amino-alcohol motifs (C(OH)–C–C–N with tert-alkyl or cyclic N) is 1. The van der Waals surface area contributed by atoms with Crippen molar-refractivity contribution in [2.24, 2.45) is 0 Å². The highest BCUT2D eigenvalue weighted by atomic mass is 19.4. The number of ether oxygens (including phenoxy) is 1. The maximum absolute atomic E-state index is 12.5. The number of alkyl halides is 3. The smallest absolute Gasteiger partial charge is 0.389 e. The fourth-order valence-corrected chi connectivity index (χ4v) is 3.48. The highest BCUT2D eigenvalue weighted by Gasteiger charge is 2.45. The van der Waals surface area contributed by atoms with Crippen LogP contribution in [-0.2, 0) is 15.7 Å². The number of nitrogens with zero attached hydrogens (tertiary/aromatic N) is 1. The Morgan fingerprint density at radius 1 is 1.32 bits per heavy atom. The molecule has 5 nitrogen and oxygen atoms in total. The van der Waals surface area contributed by atoms with Gasteiger partial charge in [0.15, 0.2) is 0 Å². The lowest BCUT2D eigenvalue weighted by Crippen LogP contribution is -2.56. The van der Waals surface area contributed by atoms with Gasteiger partial charge in [0.05, 0.1) is 23.8 Å². The fraction of sp³-hybridized carbons (Fsp3) is 0.588. The number of halogens is 3. The molecule has 1 spiro atoms. The summed E-state index contributed by atoms with van der Waals surface area (Å²) in [5, 5.41) is 12.9. The standard InChI is InChI=1S/C17H21F3N2O3/c18-17(19,20)12-2-4-13(5-3-12)21-15(24)11-22-8-7-16(14(23)10-22)6-1-9-25-16/h2-5,14,23H,1,6-11H2,(H,21,24)/t14-,16-/m0/s1. The number of hydrogen-bond acceptors (Lipinski definition) is 4. The second-order valence-electron chi connectivity index (χ2n) is 6.64. The van der Waals surface area contributed by atoms with Gasteiger partial charge in [0.25, 0.3) is 0 Å². The minimum absolute atomic E-state index is 0.0775. The summed E-state index contributed by atoms with van der Waals surface area (Å²) in [4.78, 5) is 13.9. The number of rotatable bonds is 3. The molecule has 2 aliphatic rings. The van der Waals surface area contributed by atoms with E-state index in [1.807, 2.05) is 4.90 Å². The molecule has 2 saturated heterocycles. The lowest BCUT2D eigenvalue weighted by molar-refractivity contribution is -0.137. The third-order valence-electron chi connectivity index (χ3n) is 4.89. The molecule has 1 aromatic rings. The summed E-state index contributed by atoms with van der Waals surface area (Å²) in [5.41, 5.74) is -0.918. The van der Waals surface area contributed by atoms with Crippen LogP contribution in [0.25, 0.3) is 0 Å². The van der Waals surface area contributed by atoms with Crippen LogP contribution in [0.3, 0.4) is 0 Å². The van der Waals surface area contributed by atoms with Crippen LogP contribution in [0.5, 0.6) is 0 Å². The first kappa shape index (κ1) is 18.2. The molecule has 0 unspecified atom stereocenters. The molecule has 0 saturated carbocycles. The van der Waals surface area contributed by atoms with Crippen LogP contribution in [0.1, 0.15) is 24.8 Å². The van der Waals surface area contributed by atoms with E-state index in [1.54, 1.807) is 0 Å². The van der Waals surface area contributed by atoms with Crippen molar-refractivity contribution < 1.29 is 27.8 Å². The van der Waals surface area contributed by atoms with E-state index in [0.717, 1.165) is 25.0 Å². The predicted molar refractivity (Wildman–Crippen MR) is 85.1 cm³/mol. The molecule has 25 heavy (non-hydrogen) atoms. The van der Waals surface area contributed by atoms with Gasteiger partial charge < -0.3 is 15.2 Å². The predicted octanol–water partition coefficient (Wildman–Crippen LogP) is 2.26. The van der Waals surface area contributed by atoms with Crippen molar-refractivity contribution in [2.45, 2.75) is 37.1 Å². The third kappa shape index (κ3) is 4.13. The Labute approximate surface area is 143 Å². The van der Waals surface area contributed by atoms with Crippen molar-refractivity contribution in [3.8, 4) is 0 Å². The maximum Gasteiger partial charge on any atom is 0.416 e. The molecule has 0 bridgehead atoms. The molecule has 2 aliphatic heterocycles. The number of nitrogens with one attached hydrogen (secondary N) is 1. The summed E-state index contributed by atoms with van der Waals surface area (Å²) >= 11 is 0. The zero-order valence-electron chi connectivity index (χ0n) is 13.7. The molecule has 1 aromatic carbocycles. The minimum atomic E-state index is -4.40. The van der Waals surface area contributed by atoms with Gasteiger partial charge in [-0.3, -0.25) is 9.69 Å². The first-order valence-electron chi connectivity index (χ1n) is 8.30. The summed E-state index contributed by atoms with van der Waals surface area (Å²) in [6, 6.07) is 4.32. The molecular formula is C17H21F3N2O3. The zero-order chi connectivity index (χ0) is 18.1. The zero-order valence-corrected chi connectivity index (χ0v) is 13.7. The van der Waals surface area contributed by atoms with Gasteiger partial charge in [0, 0.05) is 25.4 Å². The number of hydrogen-bond donors (Lipinski definition) is 2. The monoisotopic (exact) mass is 358 g/mol. The van der Waals surface area contributed by atoms with E-state index in [9.17, 15) is 23.1 Å². The van der Waals surface area contributed by atoms with Gasteiger partial charge in [-0.2, -0.15) is 13.2 Å². The van der Waals surface area contributed by atoms with E-state index in [0.29, 0.717) is 31.8 Å². The van der Waals surface area contributed by atoms with Crippen LogP contribution < -0.4 is 5.32 Å². The average molecular weight is 358 g/mol. The number of benzene rings is 1. The number of piperidine rings is 1. The van der Waals surface area contributed by atoms with Crippen LogP contribution >= 0.6 is 0 Å². The molecule has 0 aliphatic carbocycles. The number of carbonyl (C=O) groups excluding carboxylic acids is 1. The Hall–Kier alpha value is -1.64. The first-order valence-corrected chi connectivity index (χ1v) is 8.30. The molecule has 0 radical (unpaired) electrons. The topological polar surface area (TPSA) is 61.8 Å². The maximum atomic E-state index is 12.5. The average Bonchev–Trinajstić information content (AvgIpc) is 3.01. The van der Waals surface area contributed by atoms with Gasteiger partial charge in [0.2, 0.25) is 5.91 Å². The molecule has 2 atom stereocenters. The van der Waals surface area contributed by atoms with E-state index < -0.39 is 23.4 Å². The number of aliphatic hydroxyl groups excluding tert-OH is 1. The van der Waals surface area contributed by atoms with E-state index in [1.165, 1.54) is 12.1 Å². The number of anilines is 1. The van der Waals surface area contributed by atoms with Gasteiger partial charge in [-0.05, 0) is 43.5 Å². The third-order valence-corrected chi connectivity index (χ3v) is 4.89. The van der Waals surface area contributed by atoms with E-state index in [-0.39, 0.29) is 12.5 Å². The van der Waals surface area contributed by atoms with Crippen LogP contribution in [-0.4, -0.2) is 53.9 Å². The molecule has 0 aromatic heterocycles. The lowest BCUT2D eigenvalue weighted by atomic mass is 9.86. The second kappa shape index (κ2) is 6.93. The normalized spacial score (nSPS) is 27.6. The Kier molecular flexibility index (Phi) is 5.04. The van der Waals surface area contributed by atoms with Crippen molar-refractivity contribution >= 4 is 11.6 Å². The molecule has 1 amide bonds. The van der Waals surface area contributed by atoms with Crippen LogP contribution in [0.4, 0.5) is 18.9 Å². The number of amides is 1. The van der Waals surface area contributed by atoms with Crippen LogP contribution in [0.2, 0.25) is 0 Å². The Bertz CT molecular complexity index is 613. The van der Waals surface area contributed by atoms with Gasteiger partial charge in [0.1, 0.15) is 0 Å². The van der Waals surface area contributed by atoms with Crippen molar-refractivity contribution in [3.05, 3.63) is 29.8 Å². The Morgan fingerprint density at radius 3 is 2.60 bits per heavy atom. The quantitative estimate of drug-likeness (QED) is 0.870. The van der Waals surface area contributed by atoms with Crippen molar-refractivity contribution in [1.29, 1.82) is 0 Å². The summed E-state index contributed by atoms with van der Waals surface area (Å²) in [6.07, 6.45) is -2.60. The molecule has 8 heteroatoms. The van der Waals surface area contributed by atoms with E-state index in [2.05, 4.69) is 5.32 Å². The Balaban J connectivity index is 1.51. The minimum Gasteiger partial charge on any atom is -0.389 e. The summed E-state index contributed by atoms with van der Waals surface area (Å²) < 4.78 is 43.3. The highest BCUT2D eigenvalue weighted by molar-refractivity contribution is 5.92. The van der Waals surface area contributed by atoms with Crippen molar-refractivity contribution in [3.63, 3.8) is 0 Å². The molecule has 138 valence electrons. The van der Waals surface area contributed by atoms with E-state index in [4.69, 9.17) is 4.74 Å². The number of likely N-dealkylation sites (tertiary alicyclic amines) is 1. The second-order valence-corrected chi connectivity index (χ2v) is 6.64. The Morgan fingerprint density at radius 2 is 2.04 bits per heavy atom. The SMILES string of the molecule is O=C(CN1CC[C@@]2(CCCO2)[C@@H](O)C1)Nc1ccc(C(F)(F)F)cc1. The largest absolute Gasteiger partial charge is 0.416 e. The van der Waals surface area contributed by atoms with Gasteiger partial charge in [-0.1, -0.05) is 0 Å². The summed E-state index contributed by atoms with van der Waals surface area (Å²) in [6.45, 7) is 1.72. The number of aliphatic hydroxyl groups is 1. The molecule has 2 heterocycles. The van der Waals surface area contributed by atoms with Gasteiger partial charge in [-0.25, -0.2) is 0 Å². The van der Waals surface area contributed by atoms with Crippen molar-refractivity contribution in [1.82, 2.24) is 4.90 Å². The molecular weight excluding hydrogens is 337 g/mol. The summed E-state index contributed by atoms with van der Waals surface area (Å²) in [7, 11) is 0. The molecule has 3 rings (SSSR count).